The summed E-state index contributed by atoms with van der Waals surface area (Å²) < 4.78 is 10.6. The van der Waals surface area contributed by atoms with Crippen LogP contribution < -0.4 is 20.7 Å². The number of benzene rings is 5. The minimum Gasteiger partial charge on any atom is -0.317 e. The van der Waals surface area contributed by atoms with E-state index in [1.807, 2.05) is 0 Å². The van der Waals surface area contributed by atoms with Crippen LogP contribution in [0, 0.1) is 27.7 Å². The van der Waals surface area contributed by atoms with Crippen molar-refractivity contribution >= 4 is 49.6 Å². The van der Waals surface area contributed by atoms with Gasteiger partial charge in [-0.05, 0) is 72.7 Å². The number of hydrogen-bond acceptors (Lipinski definition) is 2. The molecule has 0 aliphatic heterocycles. The third kappa shape index (κ3) is 6.51. The molecule has 4 heteroatoms. The first-order chi connectivity index (χ1) is 20.2. The van der Waals surface area contributed by atoms with Crippen molar-refractivity contribution in [3.05, 3.63) is 155 Å². The molecule has 0 saturated heterocycles. The van der Waals surface area contributed by atoms with Gasteiger partial charge in [0.2, 0.25) is 16.5 Å². The van der Waals surface area contributed by atoms with Crippen LogP contribution in [-0.2, 0) is 0 Å². The summed E-state index contributed by atoms with van der Waals surface area (Å²) in [5.41, 5.74) is 7.27. The number of rotatable bonds is 8. The van der Waals surface area contributed by atoms with E-state index < -0.39 is 16.5 Å². The molecular weight excluding hydrogens is 541 g/mol. The lowest BCUT2D eigenvalue weighted by molar-refractivity contribution is 1.46. The highest BCUT2D eigenvalue weighted by Crippen LogP contribution is 2.13. The number of hydrogen-bond donors (Lipinski definition) is 0. The molecule has 2 nitrogen and oxygen atoms in total. The Morgan fingerprint density at radius 1 is 0.357 bits per heavy atom. The van der Waals surface area contributed by atoms with E-state index in [1.165, 1.54) is 43.0 Å². The van der Waals surface area contributed by atoms with Gasteiger partial charge in [0.25, 0.3) is 0 Å². The summed E-state index contributed by atoms with van der Waals surface area (Å²) in [6.45, 7) is 13.2. The summed E-state index contributed by atoms with van der Waals surface area (Å²) in [5, 5.41) is 5.25. The maximum Gasteiger partial charge on any atom is 0.239 e. The van der Waals surface area contributed by atoms with Crippen molar-refractivity contribution in [2.24, 2.45) is 9.32 Å². The molecule has 0 spiro atoms. The second kappa shape index (κ2) is 12.4. The lowest BCUT2D eigenvalue weighted by atomic mass is 10.2. The quantitative estimate of drug-likeness (QED) is 0.147. The standard InChI is InChI=1S/C38H40N2Si2/c1-29-7-19-35(20-8-29)41(5,36-21-9-30(2)10-22-36)39-27-33-15-17-34(18-16-33)28-40-42(6,37-23-11-31(3)12-24-37)38-25-13-32(4)14-26-38/h7-28H,1-6H3/b39-27+,40-28+. The minimum atomic E-state index is -2.32. The average Bonchev–Trinajstić information content (AvgIpc) is 3.00. The Bertz CT molecular complexity index is 1460. The van der Waals surface area contributed by atoms with Crippen LogP contribution >= 0.6 is 0 Å². The Kier molecular flexibility index (Phi) is 8.67. The number of aryl methyl sites for hydroxylation is 4. The van der Waals surface area contributed by atoms with Gasteiger partial charge in [0, 0.05) is 12.4 Å². The fourth-order valence-corrected chi connectivity index (χ4v) is 10.6. The van der Waals surface area contributed by atoms with Gasteiger partial charge in [-0.2, -0.15) is 0 Å². The normalized spacial score (nSPS) is 12.3. The van der Waals surface area contributed by atoms with Crippen LogP contribution in [0.25, 0.3) is 0 Å². The van der Waals surface area contributed by atoms with E-state index >= 15 is 0 Å². The molecule has 5 aromatic carbocycles. The monoisotopic (exact) mass is 580 g/mol. The Balaban J connectivity index is 1.43. The van der Waals surface area contributed by atoms with Crippen molar-refractivity contribution in [2.45, 2.75) is 40.8 Å². The highest BCUT2D eigenvalue weighted by atomic mass is 28.3. The van der Waals surface area contributed by atoms with E-state index in [2.05, 4.69) is 175 Å². The maximum absolute atomic E-state index is 5.32. The summed E-state index contributed by atoms with van der Waals surface area (Å²) >= 11 is 0. The molecular formula is C38H40N2Si2. The molecule has 0 aromatic heterocycles. The van der Waals surface area contributed by atoms with Crippen LogP contribution in [0.4, 0.5) is 0 Å². The van der Waals surface area contributed by atoms with Gasteiger partial charge in [0.05, 0.1) is 0 Å². The topological polar surface area (TPSA) is 24.7 Å². The molecule has 5 aromatic rings. The van der Waals surface area contributed by atoms with Crippen LogP contribution in [0.1, 0.15) is 33.4 Å². The predicted octanol–water partition coefficient (Wildman–Crippen LogP) is 6.54. The molecule has 0 saturated carbocycles. The lowest BCUT2D eigenvalue weighted by Crippen LogP contribution is -2.54. The molecule has 0 bridgehead atoms. The second-order valence-electron chi connectivity index (χ2n) is 11.8. The van der Waals surface area contributed by atoms with Crippen LogP contribution in [0.3, 0.4) is 0 Å². The smallest absolute Gasteiger partial charge is 0.239 e. The molecule has 0 amide bonds. The third-order valence-electron chi connectivity index (χ3n) is 8.33. The second-order valence-corrected chi connectivity index (χ2v) is 18.9. The van der Waals surface area contributed by atoms with Gasteiger partial charge in [-0.25, -0.2) is 0 Å². The summed E-state index contributed by atoms with van der Waals surface area (Å²) in [6.07, 6.45) is 4.12. The van der Waals surface area contributed by atoms with Crippen molar-refractivity contribution in [1.29, 1.82) is 0 Å². The Hall–Kier alpha value is -4.13. The van der Waals surface area contributed by atoms with Crippen molar-refractivity contribution in [3.8, 4) is 0 Å². The van der Waals surface area contributed by atoms with Gasteiger partial charge in [-0.1, -0.05) is 144 Å². The van der Waals surface area contributed by atoms with Gasteiger partial charge >= 0.3 is 0 Å². The van der Waals surface area contributed by atoms with Gasteiger partial charge in [0.1, 0.15) is 0 Å². The summed E-state index contributed by atoms with van der Waals surface area (Å²) in [7, 11) is -4.64. The van der Waals surface area contributed by atoms with Crippen LogP contribution in [-0.4, -0.2) is 28.9 Å². The van der Waals surface area contributed by atoms with Crippen molar-refractivity contribution in [3.63, 3.8) is 0 Å². The maximum atomic E-state index is 5.32. The summed E-state index contributed by atoms with van der Waals surface area (Å²) in [4.78, 5) is 0. The van der Waals surface area contributed by atoms with E-state index in [-0.39, 0.29) is 0 Å². The molecule has 210 valence electrons. The minimum absolute atomic E-state index is 1.10. The lowest BCUT2D eigenvalue weighted by Gasteiger charge is -2.24. The van der Waals surface area contributed by atoms with E-state index in [9.17, 15) is 0 Å². The first-order valence-electron chi connectivity index (χ1n) is 14.6. The molecule has 0 fully saturated rings. The molecule has 0 aliphatic carbocycles. The van der Waals surface area contributed by atoms with E-state index in [4.69, 9.17) is 9.32 Å². The fraction of sp³-hybridized carbons (Fsp3) is 0.158. The molecule has 0 N–H and O–H groups in total. The molecule has 0 heterocycles. The molecule has 42 heavy (non-hydrogen) atoms. The zero-order chi connectivity index (χ0) is 29.7. The molecule has 5 rings (SSSR count). The molecule has 0 unspecified atom stereocenters. The van der Waals surface area contributed by atoms with Gasteiger partial charge in [-0.3, -0.25) is 0 Å². The zero-order valence-corrected chi connectivity index (χ0v) is 27.6. The largest absolute Gasteiger partial charge is 0.317 e. The first kappa shape index (κ1) is 29.4. The van der Waals surface area contributed by atoms with Crippen LogP contribution in [0.5, 0.6) is 0 Å². The SMILES string of the molecule is Cc1ccc([Si](C)(/N=C/c2ccc(/C=N/[Si](C)(c3ccc(C)cc3)c3ccc(C)cc3)cc2)c2ccc(C)cc2)cc1. The van der Waals surface area contributed by atoms with E-state index in [1.54, 1.807) is 0 Å². The Labute approximate surface area is 253 Å². The predicted molar refractivity (Wildman–Crippen MR) is 188 cm³/mol. The highest BCUT2D eigenvalue weighted by Gasteiger charge is 2.32. The van der Waals surface area contributed by atoms with Gasteiger partial charge < -0.3 is 9.32 Å². The van der Waals surface area contributed by atoms with Crippen molar-refractivity contribution in [2.75, 3.05) is 0 Å². The van der Waals surface area contributed by atoms with Crippen LogP contribution in [0.15, 0.2) is 131 Å². The van der Waals surface area contributed by atoms with Gasteiger partial charge in [0.15, 0.2) is 0 Å². The molecule has 0 atom stereocenters. The highest BCUT2D eigenvalue weighted by molar-refractivity contribution is 7.01. The van der Waals surface area contributed by atoms with E-state index in [0.29, 0.717) is 0 Å². The zero-order valence-electron chi connectivity index (χ0n) is 25.6. The average molecular weight is 581 g/mol. The van der Waals surface area contributed by atoms with Crippen molar-refractivity contribution < 1.29 is 0 Å². The fourth-order valence-electron chi connectivity index (χ4n) is 5.22. The Morgan fingerprint density at radius 3 is 0.786 bits per heavy atom. The Morgan fingerprint density at radius 2 is 0.571 bits per heavy atom. The summed E-state index contributed by atoms with van der Waals surface area (Å²) in [6, 6.07) is 44.2. The van der Waals surface area contributed by atoms with Crippen LogP contribution in [0.2, 0.25) is 13.1 Å². The molecule has 0 aliphatic rings. The van der Waals surface area contributed by atoms with Gasteiger partial charge in [-0.15, -0.1) is 0 Å². The summed E-state index contributed by atoms with van der Waals surface area (Å²) in [5.74, 6) is 0. The molecule has 0 radical (unpaired) electrons. The van der Waals surface area contributed by atoms with Crippen molar-refractivity contribution in [1.82, 2.24) is 0 Å². The van der Waals surface area contributed by atoms with E-state index in [0.717, 1.165) is 11.1 Å². The number of nitrogens with zero attached hydrogens (tertiary/aromatic N) is 2. The first-order valence-corrected chi connectivity index (χ1v) is 19.5. The third-order valence-corrected chi connectivity index (χ3v) is 15.5.